The van der Waals surface area contributed by atoms with Crippen LogP contribution in [0.1, 0.15) is 17.2 Å². The molecular weight excluding hydrogens is 402 g/mol. The van der Waals surface area contributed by atoms with Gasteiger partial charge in [0.2, 0.25) is 0 Å². The number of pyridine rings is 1. The molecule has 0 aliphatic heterocycles. The van der Waals surface area contributed by atoms with Crippen molar-refractivity contribution in [2.24, 2.45) is 0 Å². The van der Waals surface area contributed by atoms with Crippen molar-refractivity contribution < 1.29 is 19.7 Å². The van der Waals surface area contributed by atoms with Crippen molar-refractivity contribution in [1.29, 1.82) is 0 Å². The molecule has 0 aliphatic carbocycles. The molecule has 2 heterocycles. The molecule has 0 fully saturated rings. The highest BCUT2D eigenvalue weighted by Crippen LogP contribution is 2.27. The van der Waals surface area contributed by atoms with Crippen LogP contribution in [0, 0.1) is 0 Å². The van der Waals surface area contributed by atoms with Crippen LogP contribution in [0.5, 0.6) is 0 Å². The van der Waals surface area contributed by atoms with Crippen LogP contribution in [-0.2, 0) is 11.3 Å². The van der Waals surface area contributed by atoms with Gasteiger partial charge >= 0.3 is 6.09 Å². The van der Waals surface area contributed by atoms with Crippen LogP contribution in [0.4, 0.5) is 4.79 Å². The topological polar surface area (TPSA) is 107 Å². The van der Waals surface area contributed by atoms with Crippen molar-refractivity contribution in [3.8, 4) is 0 Å². The van der Waals surface area contributed by atoms with Gasteiger partial charge in [0.1, 0.15) is 24.5 Å². The molecule has 0 aliphatic rings. The van der Waals surface area contributed by atoms with Crippen molar-refractivity contribution in [3.05, 3.63) is 64.4 Å². The van der Waals surface area contributed by atoms with Crippen LogP contribution in [0.3, 0.4) is 0 Å². The predicted octanol–water partition coefficient (Wildman–Crippen LogP) is 2.65. The molecule has 0 radical (unpaired) electrons. The Morgan fingerprint density at radius 2 is 2.08 bits per heavy atom. The van der Waals surface area contributed by atoms with Crippen molar-refractivity contribution in [2.75, 3.05) is 6.54 Å². The minimum absolute atomic E-state index is 0.132. The second-order valence-electron chi connectivity index (χ2n) is 5.75. The van der Waals surface area contributed by atoms with E-state index in [1.165, 1.54) is 0 Å². The number of hydrogen-bond donors (Lipinski definition) is 4. The van der Waals surface area contributed by atoms with Gasteiger partial charge in [-0.2, -0.15) is 0 Å². The van der Waals surface area contributed by atoms with Gasteiger partial charge in [-0.25, -0.2) is 9.78 Å². The van der Waals surface area contributed by atoms with E-state index in [0.717, 1.165) is 10.0 Å². The van der Waals surface area contributed by atoms with Crippen LogP contribution in [0.15, 0.2) is 53.3 Å². The number of carbonyl (C=O) groups excluding carboxylic acids is 1. The zero-order valence-corrected chi connectivity index (χ0v) is 15.3. The van der Waals surface area contributed by atoms with Crippen molar-refractivity contribution >= 4 is 33.1 Å². The average molecular weight is 420 g/mol. The van der Waals surface area contributed by atoms with Gasteiger partial charge in [0.25, 0.3) is 0 Å². The minimum Gasteiger partial charge on any atom is -0.445 e. The van der Waals surface area contributed by atoms with E-state index in [9.17, 15) is 15.0 Å². The zero-order valence-electron chi connectivity index (χ0n) is 13.7. The standard InChI is InChI=1S/C18H18BrN3O4/c19-12-6-13-14(8-21-17(13)20-7-12)16(24)15(23)9-22-18(25)26-10-11-4-2-1-3-5-11/h1-8,15-16,23-24H,9-10H2,(H,20,21)(H,22,25). The average Bonchev–Trinajstić information content (AvgIpc) is 3.07. The van der Waals surface area contributed by atoms with Gasteiger partial charge in [0.15, 0.2) is 0 Å². The molecule has 2 aromatic heterocycles. The van der Waals surface area contributed by atoms with Gasteiger partial charge in [-0.3, -0.25) is 0 Å². The molecular formula is C18H18BrN3O4. The van der Waals surface area contributed by atoms with Crippen molar-refractivity contribution in [3.63, 3.8) is 0 Å². The fraction of sp³-hybridized carbons (Fsp3) is 0.222. The Balaban J connectivity index is 1.54. The number of amides is 1. The maximum absolute atomic E-state index is 11.7. The van der Waals surface area contributed by atoms with E-state index in [1.807, 2.05) is 30.3 Å². The lowest BCUT2D eigenvalue weighted by Crippen LogP contribution is -2.35. The van der Waals surface area contributed by atoms with E-state index in [4.69, 9.17) is 4.74 Å². The number of aliphatic hydroxyl groups is 2. The normalized spacial score (nSPS) is 13.3. The number of halogens is 1. The molecule has 0 bridgehead atoms. The number of aromatic amines is 1. The number of hydrogen-bond acceptors (Lipinski definition) is 5. The van der Waals surface area contributed by atoms with Crippen LogP contribution in [0.2, 0.25) is 0 Å². The summed E-state index contributed by atoms with van der Waals surface area (Å²) < 4.78 is 5.83. The van der Waals surface area contributed by atoms with Gasteiger partial charge in [-0.1, -0.05) is 30.3 Å². The molecule has 0 saturated heterocycles. The maximum atomic E-state index is 11.7. The number of rotatable bonds is 6. The summed E-state index contributed by atoms with van der Waals surface area (Å²) in [4.78, 5) is 18.9. The van der Waals surface area contributed by atoms with Crippen molar-refractivity contribution in [1.82, 2.24) is 15.3 Å². The minimum atomic E-state index is -1.20. The lowest BCUT2D eigenvalue weighted by atomic mass is 10.0. The number of aliphatic hydroxyl groups excluding tert-OH is 2. The molecule has 7 nitrogen and oxygen atoms in total. The van der Waals surface area contributed by atoms with Gasteiger partial charge in [-0.05, 0) is 27.6 Å². The molecule has 1 aromatic carbocycles. The number of ether oxygens (including phenoxy) is 1. The molecule has 2 unspecified atom stereocenters. The highest BCUT2D eigenvalue weighted by Gasteiger charge is 2.22. The monoisotopic (exact) mass is 419 g/mol. The third-order valence-electron chi connectivity index (χ3n) is 3.88. The van der Waals surface area contributed by atoms with E-state index in [-0.39, 0.29) is 13.2 Å². The molecule has 26 heavy (non-hydrogen) atoms. The first-order chi connectivity index (χ1) is 12.5. The number of H-pyrrole nitrogens is 1. The van der Waals surface area contributed by atoms with Gasteiger partial charge in [-0.15, -0.1) is 0 Å². The molecule has 3 aromatic rings. The SMILES string of the molecule is O=C(NCC(O)C(O)c1c[nH]c2ncc(Br)cc12)OCc1ccccc1. The van der Waals surface area contributed by atoms with E-state index < -0.39 is 18.3 Å². The summed E-state index contributed by atoms with van der Waals surface area (Å²) in [6, 6.07) is 11.1. The molecule has 1 amide bonds. The molecule has 0 spiro atoms. The van der Waals surface area contributed by atoms with Gasteiger partial charge < -0.3 is 25.3 Å². The van der Waals surface area contributed by atoms with Gasteiger partial charge in [0.05, 0.1) is 0 Å². The number of benzene rings is 1. The lowest BCUT2D eigenvalue weighted by Gasteiger charge is -2.18. The van der Waals surface area contributed by atoms with E-state index in [1.54, 1.807) is 18.5 Å². The molecule has 4 N–H and O–H groups in total. The van der Waals surface area contributed by atoms with Crippen molar-refractivity contribution in [2.45, 2.75) is 18.8 Å². The lowest BCUT2D eigenvalue weighted by molar-refractivity contribution is 0.0192. The van der Waals surface area contributed by atoms with Crippen LogP contribution in [0.25, 0.3) is 11.0 Å². The number of aromatic nitrogens is 2. The number of nitrogens with zero attached hydrogens (tertiary/aromatic N) is 1. The third-order valence-corrected chi connectivity index (χ3v) is 4.31. The first kappa shape index (κ1) is 18.4. The Kier molecular flexibility index (Phi) is 5.87. The van der Waals surface area contributed by atoms with E-state index >= 15 is 0 Å². The Labute approximate surface area is 158 Å². The first-order valence-electron chi connectivity index (χ1n) is 7.98. The van der Waals surface area contributed by atoms with Crippen LogP contribution >= 0.6 is 15.9 Å². The Morgan fingerprint density at radius 1 is 1.31 bits per heavy atom. The van der Waals surface area contributed by atoms with Gasteiger partial charge in [0, 0.05) is 34.4 Å². The summed E-state index contributed by atoms with van der Waals surface area (Å²) in [5, 5.41) is 23.7. The molecule has 3 rings (SSSR count). The summed E-state index contributed by atoms with van der Waals surface area (Å²) in [5.74, 6) is 0. The second-order valence-corrected chi connectivity index (χ2v) is 6.66. The number of fused-ring (bicyclic) bond motifs is 1. The third kappa shape index (κ3) is 4.40. The molecule has 136 valence electrons. The largest absolute Gasteiger partial charge is 0.445 e. The highest BCUT2D eigenvalue weighted by molar-refractivity contribution is 9.10. The summed E-state index contributed by atoms with van der Waals surface area (Å²) >= 11 is 3.33. The number of nitrogens with one attached hydrogen (secondary N) is 2. The first-order valence-corrected chi connectivity index (χ1v) is 8.77. The predicted molar refractivity (Wildman–Crippen MR) is 99.4 cm³/mol. The van der Waals surface area contributed by atoms with E-state index in [2.05, 4.69) is 31.2 Å². The number of carbonyl (C=O) groups is 1. The summed E-state index contributed by atoms with van der Waals surface area (Å²) in [6.07, 6.45) is 0.177. The molecule has 0 saturated carbocycles. The Morgan fingerprint density at radius 3 is 2.85 bits per heavy atom. The Bertz CT molecular complexity index is 885. The smallest absolute Gasteiger partial charge is 0.407 e. The molecule has 8 heteroatoms. The Hall–Kier alpha value is -2.42. The summed E-state index contributed by atoms with van der Waals surface area (Å²) in [5.41, 5.74) is 1.96. The fourth-order valence-electron chi connectivity index (χ4n) is 2.52. The highest BCUT2D eigenvalue weighted by atomic mass is 79.9. The maximum Gasteiger partial charge on any atom is 0.407 e. The second kappa shape index (κ2) is 8.31. The van der Waals surface area contributed by atoms with Crippen LogP contribution < -0.4 is 5.32 Å². The zero-order chi connectivity index (χ0) is 18.5. The summed E-state index contributed by atoms with van der Waals surface area (Å²) in [6.45, 7) is -0.0175. The summed E-state index contributed by atoms with van der Waals surface area (Å²) in [7, 11) is 0. The fourth-order valence-corrected chi connectivity index (χ4v) is 2.86. The van der Waals surface area contributed by atoms with E-state index in [0.29, 0.717) is 16.6 Å². The quantitative estimate of drug-likeness (QED) is 0.491. The molecule has 2 atom stereocenters. The number of alkyl carbamates (subject to hydrolysis) is 1. The van der Waals surface area contributed by atoms with Crippen LogP contribution in [-0.4, -0.2) is 38.9 Å².